The van der Waals surface area contributed by atoms with E-state index in [0.717, 1.165) is 40.7 Å². The minimum absolute atomic E-state index is 0.261. The SMILES string of the molecule is CCCCC(c1ccc(OCC(O)(CC)CC)c(C)c1)c1cc2ccc(C(=O)O)cc2s1. The Labute approximate surface area is 194 Å². The highest BCUT2D eigenvalue weighted by Gasteiger charge is 2.24. The van der Waals surface area contributed by atoms with Crippen LogP contribution in [-0.2, 0) is 0 Å². The molecule has 0 bridgehead atoms. The summed E-state index contributed by atoms with van der Waals surface area (Å²) in [5, 5.41) is 20.9. The van der Waals surface area contributed by atoms with Gasteiger partial charge in [0.15, 0.2) is 0 Å². The normalized spacial score (nSPS) is 12.8. The fraction of sp³-hybridized carbons (Fsp3) is 0.444. The number of thiophene rings is 1. The Morgan fingerprint density at radius 3 is 2.47 bits per heavy atom. The molecule has 5 heteroatoms. The lowest BCUT2D eigenvalue weighted by atomic mass is 9.90. The predicted molar refractivity (Wildman–Crippen MR) is 132 cm³/mol. The number of carboxylic acid groups (broad SMARTS) is 1. The largest absolute Gasteiger partial charge is 0.490 e. The van der Waals surface area contributed by atoms with E-state index >= 15 is 0 Å². The number of aryl methyl sites for hydroxylation is 1. The van der Waals surface area contributed by atoms with E-state index in [-0.39, 0.29) is 5.92 Å². The average molecular weight is 455 g/mol. The van der Waals surface area contributed by atoms with Crippen LogP contribution in [-0.4, -0.2) is 28.4 Å². The maximum Gasteiger partial charge on any atom is 0.335 e. The Morgan fingerprint density at radius 2 is 1.84 bits per heavy atom. The molecule has 0 amide bonds. The molecule has 1 heterocycles. The molecule has 1 atom stereocenters. The lowest BCUT2D eigenvalue weighted by molar-refractivity contribution is -0.0115. The zero-order valence-corrected chi connectivity index (χ0v) is 20.3. The summed E-state index contributed by atoms with van der Waals surface area (Å²) in [7, 11) is 0. The Morgan fingerprint density at radius 1 is 1.09 bits per heavy atom. The second-order valence-corrected chi connectivity index (χ2v) is 9.76. The first-order valence-corrected chi connectivity index (χ1v) is 12.3. The number of hydrogen-bond acceptors (Lipinski definition) is 4. The third kappa shape index (κ3) is 5.51. The van der Waals surface area contributed by atoms with Crippen molar-refractivity contribution in [2.24, 2.45) is 0 Å². The highest BCUT2D eigenvalue weighted by atomic mass is 32.1. The van der Waals surface area contributed by atoms with Gasteiger partial charge in [0.05, 0.1) is 11.2 Å². The summed E-state index contributed by atoms with van der Waals surface area (Å²) in [5.74, 6) is 0.177. The summed E-state index contributed by atoms with van der Waals surface area (Å²) < 4.78 is 7.00. The molecule has 0 saturated heterocycles. The minimum atomic E-state index is -0.895. The standard InChI is InChI=1S/C27H34O4S/c1-5-8-9-22(25-15-20-10-11-21(26(28)29)16-24(20)32-25)19-12-13-23(18(4)14-19)31-17-27(30,6-2)7-3/h10-16,22,30H,5-9,17H2,1-4H3,(H,28,29). The first-order valence-electron chi connectivity index (χ1n) is 11.5. The lowest BCUT2D eigenvalue weighted by Gasteiger charge is -2.26. The Bertz CT molecular complexity index is 1060. The van der Waals surface area contributed by atoms with Crippen molar-refractivity contribution in [1.29, 1.82) is 0 Å². The van der Waals surface area contributed by atoms with Gasteiger partial charge in [-0.05, 0) is 67.0 Å². The van der Waals surface area contributed by atoms with E-state index in [9.17, 15) is 15.0 Å². The Kier molecular flexibility index (Phi) is 7.96. The van der Waals surface area contributed by atoms with Gasteiger partial charge in [0.25, 0.3) is 0 Å². The molecule has 3 rings (SSSR count). The molecule has 0 aliphatic heterocycles. The molecule has 0 aliphatic rings. The van der Waals surface area contributed by atoms with Crippen LogP contribution in [0.2, 0.25) is 0 Å². The van der Waals surface area contributed by atoms with Crippen molar-refractivity contribution in [3.63, 3.8) is 0 Å². The van der Waals surface area contributed by atoms with Crippen molar-refractivity contribution in [2.45, 2.75) is 71.3 Å². The number of fused-ring (bicyclic) bond motifs is 1. The van der Waals surface area contributed by atoms with Gasteiger partial charge in [-0.15, -0.1) is 11.3 Å². The second-order valence-electron chi connectivity index (χ2n) is 8.65. The van der Waals surface area contributed by atoms with Gasteiger partial charge >= 0.3 is 5.97 Å². The van der Waals surface area contributed by atoms with Gasteiger partial charge in [-0.25, -0.2) is 4.79 Å². The third-order valence-corrected chi connectivity index (χ3v) is 7.60. The molecule has 1 aromatic heterocycles. The van der Waals surface area contributed by atoms with E-state index < -0.39 is 11.6 Å². The molecule has 0 radical (unpaired) electrons. The van der Waals surface area contributed by atoms with Gasteiger partial charge in [-0.2, -0.15) is 0 Å². The van der Waals surface area contributed by atoms with E-state index in [4.69, 9.17) is 4.74 Å². The molecule has 0 saturated carbocycles. The van der Waals surface area contributed by atoms with E-state index in [1.165, 1.54) is 10.4 Å². The van der Waals surface area contributed by atoms with Crippen LogP contribution in [0.15, 0.2) is 42.5 Å². The van der Waals surface area contributed by atoms with Crippen LogP contribution < -0.4 is 4.74 Å². The molecular formula is C27H34O4S. The lowest BCUT2D eigenvalue weighted by Crippen LogP contribution is -2.34. The molecule has 0 aliphatic carbocycles. The zero-order chi connectivity index (χ0) is 23.3. The number of ether oxygens (including phenoxy) is 1. The monoisotopic (exact) mass is 454 g/mol. The molecule has 32 heavy (non-hydrogen) atoms. The molecular weight excluding hydrogens is 420 g/mol. The quantitative estimate of drug-likeness (QED) is 0.322. The van der Waals surface area contributed by atoms with Crippen LogP contribution in [0.1, 0.15) is 85.2 Å². The van der Waals surface area contributed by atoms with Crippen molar-refractivity contribution in [1.82, 2.24) is 0 Å². The minimum Gasteiger partial charge on any atom is -0.490 e. The third-order valence-electron chi connectivity index (χ3n) is 6.39. The number of benzene rings is 2. The maximum atomic E-state index is 11.3. The van der Waals surface area contributed by atoms with Crippen molar-refractivity contribution in [3.8, 4) is 5.75 Å². The maximum absolute atomic E-state index is 11.3. The number of rotatable bonds is 11. The van der Waals surface area contributed by atoms with Crippen LogP contribution >= 0.6 is 11.3 Å². The average Bonchev–Trinajstić information content (AvgIpc) is 3.21. The van der Waals surface area contributed by atoms with Gasteiger partial charge in [0.1, 0.15) is 12.4 Å². The second kappa shape index (κ2) is 10.5. The van der Waals surface area contributed by atoms with Gasteiger partial charge in [-0.1, -0.05) is 51.8 Å². The molecule has 172 valence electrons. The van der Waals surface area contributed by atoms with Crippen molar-refractivity contribution in [2.75, 3.05) is 6.61 Å². The smallest absolute Gasteiger partial charge is 0.335 e. The van der Waals surface area contributed by atoms with E-state index in [1.54, 1.807) is 23.5 Å². The summed E-state index contributed by atoms with van der Waals surface area (Å²) >= 11 is 1.68. The van der Waals surface area contributed by atoms with E-state index in [0.29, 0.717) is 25.0 Å². The Hall–Kier alpha value is -2.37. The van der Waals surface area contributed by atoms with Crippen LogP contribution in [0.5, 0.6) is 5.75 Å². The highest BCUT2D eigenvalue weighted by Crippen LogP contribution is 2.39. The first-order chi connectivity index (χ1) is 15.3. The van der Waals surface area contributed by atoms with Gasteiger partial charge in [0.2, 0.25) is 0 Å². The summed E-state index contributed by atoms with van der Waals surface area (Å²) in [6.45, 7) is 8.50. The number of aromatic carboxylic acids is 1. The fourth-order valence-electron chi connectivity index (χ4n) is 3.96. The summed E-state index contributed by atoms with van der Waals surface area (Å²) in [4.78, 5) is 12.6. The van der Waals surface area contributed by atoms with Crippen molar-refractivity contribution < 1.29 is 19.7 Å². The number of carboxylic acids is 1. The number of carbonyl (C=O) groups is 1. The summed E-state index contributed by atoms with van der Waals surface area (Å²) in [6, 6.07) is 13.9. The first kappa shape index (κ1) is 24.3. The van der Waals surface area contributed by atoms with Crippen LogP contribution in [0.3, 0.4) is 0 Å². The molecule has 1 unspecified atom stereocenters. The fourth-order valence-corrected chi connectivity index (χ4v) is 5.22. The zero-order valence-electron chi connectivity index (χ0n) is 19.5. The summed E-state index contributed by atoms with van der Waals surface area (Å²) in [5.41, 5.74) is 1.84. The van der Waals surface area contributed by atoms with Gasteiger partial charge < -0.3 is 14.9 Å². The van der Waals surface area contributed by atoms with Crippen molar-refractivity contribution in [3.05, 3.63) is 64.0 Å². The van der Waals surface area contributed by atoms with Crippen molar-refractivity contribution >= 4 is 27.4 Å². The Balaban J connectivity index is 1.90. The van der Waals surface area contributed by atoms with E-state index in [1.807, 2.05) is 26.0 Å². The van der Waals surface area contributed by atoms with Gasteiger partial charge in [0, 0.05) is 15.5 Å². The van der Waals surface area contributed by atoms with Crippen LogP contribution in [0.25, 0.3) is 10.1 Å². The number of unbranched alkanes of at least 4 members (excludes halogenated alkanes) is 1. The topological polar surface area (TPSA) is 66.8 Å². The molecule has 0 fully saturated rings. The summed E-state index contributed by atoms with van der Waals surface area (Å²) in [6.07, 6.45) is 4.61. The highest BCUT2D eigenvalue weighted by molar-refractivity contribution is 7.19. The molecule has 2 N–H and O–H groups in total. The predicted octanol–water partition coefficient (Wildman–Crippen LogP) is 7.16. The number of hydrogen-bond donors (Lipinski definition) is 2. The van der Waals surface area contributed by atoms with E-state index in [2.05, 4.69) is 32.0 Å². The molecule has 3 aromatic rings. The van der Waals surface area contributed by atoms with Gasteiger partial charge in [-0.3, -0.25) is 0 Å². The number of aliphatic hydroxyl groups is 1. The van der Waals surface area contributed by atoms with Crippen LogP contribution in [0.4, 0.5) is 0 Å². The van der Waals surface area contributed by atoms with Crippen LogP contribution in [0, 0.1) is 6.92 Å². The molecule has 4 nitrogen and oxygen atoms in total. The molecule has 2 aromatic carbocycles. The molecule has 0 spiro atoms.